The number of urea groups is 1. The molecule has 1 atom stereocenters. The van der Waals surface area contributed by atoms with E-state index in [1.165, 1.54) is 22.5 Å². The topological polar surface area (TPSA) is 92.8 Å². The lowest BCUT2D eigenvalue weighted by molar-refractivity contribution is 0.0953. The van der Waals surface area contributed by atoms with Crippen LogP contribution in [0.4, 0.5) is 4.79 Å². The van der Waals surface area contributed by atoms with Gasteiger partial charge in [-0.1, -0.05) is 35.6 Å². The van der Waals surface area contributed by atoms with E-state index in [9.17, 15) is 9.59 Å². The second kappa shape index (κ2) is 9.95. The summed E-state index contributed by atoms with van der Waals surface area (Å²) in [6.45, 7) is 6.06. The fourth-order valence-corrected chi connectivity index (χ4v) is 5.28. The van der Waals surface area contributed by atoms with Gasteiger partial charge < -0.3 is 25.0 Å². The van der Waals surface area contributed by atoms with E-state index in [2.05, 4.69) is 40.7 Å². The SMILES string of the molecule is Cc1ccccc1C1CCc2cc(Oc3nc(C)c(C(=O)NCCN4CCNC4=O)s3)ccc2O1. The molecule has 1 aromatic heterocycles. The van der Waals surface area contributed by atoms with Crippen LogP contribution in [0.25, 0.3) is 0 Å². The summed E-state index contributed by atoms with van der Waals surface area (Å²) >= 11 is 1.21. The maximum absolute atomic E-state index is 12.6. The zero-order valence-electron chi connectivity index (χ0n) is 19.8. The van der Waals surface area contributed by atoms with Crippen molar-refractivity contribution in [3.05, 3.63) is 69.7 Å². The lowest BCUT2D eigenvalue weighted by atomic mass is 9.95. The highest BCUT2D eigenvalue weighted by Gasteiger charge is 2.24. The van der Waals surface area contributed by atoms with E-state index in [0.29, 0.717) is 47.7 Å². The van der Waals surface area contributed by atoms with Crippen molar-refractivity contribution in [2.75, 3.05) is 26.2 Å². The number of rotatable bonds is 7. The van der Waals surface area contributed by atoms with E-state index in [-0.39, 0.29) is 18.0 Å². The molecule has 1 saturated heterocycles. The van der Waals surface area contributed by atoms with E-state index < -0.39 is 0 Å². The fourth-order valence-electron chi connectivity index (χ4n) is 4.43. The number of aromatic nitrogens is 1. The highest BCUT2D eigenvalue weighted by molar-refractivity contribution is 7.15. The number of carbonyl (C=O) groups is 2. The monoisotopic (exact) mass is 492 g/mol. The summed E-state index contributed by atoms with van der Waals surface area (Å²) < 4.78 is 12.3. The van der Waals surface area contributed by atoms with Gasteiger partial charge in [0.1, 0.15) is 22.5 Å². The van der Waals surface area contributed by atoms with Crippen LogP contribution in [0.1, 0.15) is 44.6 Å². The van der Waals surface area contributed by atoms with Crippen LogP contribution in [0.3, 0.4) is 0 Å². The minimum Gasteiger partial charge on any atom is -0.485 e. The molecular formula is C26H28N4O4S. The van der Waals surface area contributed by atoms with E-state index in [1.807, 2.05) is 24.3 Å². The molecular weight excluding hydrogens is 464 g/mol. The van der Waals surface area contributed by atoms with Gasteiger partial charge in [0.05, 0.1) is 5.69 Å². The number of hydrogen-bond donors (Lipinski definition) is 2. The van der Waals surface area contributed by atoms with E-state index >= 15 is 0 Å². The van der Waals surface area contributed by atoms with E-state index in [1.54, 1.807) is 11.8 Å². The van der Waals surface area contributed by atoms with Gasteiger partial charge in [0.15, 0.2) is 0 Å². The molecule has 3 aromatic rings. The van der Waals surface area contributed by atoms with Gasteiger partial charge in [0.2, 0.25) is 0 Å². The van der Waals surface area contributed by atoms with Crippen LogP contribution in [0.5, 0.6) is 16.7 Å². The van der Waals surface area contributed by atoms with Crippen LogP contribution in [0.2, 0.25) is 0 Å². The fraction of sp³-hybridized carbons (Fsp3) is 0.346. The van der Waals surface area contributed by atoms with Crippen molar-refractivity contribution in [2.45, 2.75) is 32.8 Å². The molecule has 8 nitrogen and oxygen atoms in total. The third kappa shape index (κ3) is 5.09. The quantitative estimate of drug-likeness (QED) is 0.511. The van der Waals surface area contributed by atoms with Gasteiger partial charge in [-0.15, -0.1) is 0 Å². The van der Waals surface area contributed by atoms with Crippen LogP contribution in [0, 0.1) is 13.8 Å². The number of hydrogen-bond acceptors (Lipinski definition) is 6. The van der Waals surface area contributed by atoms with Gasteiger partial charge in [-0.2, -0.15) is 0 Å². The molecule has 2 N–H and O–H groups in total. The van der Waals surface area contributed by atoms with Crippen LogP contribution in [0.15, 0.2) is 42.5 Å². The molecule has 2 aliphatic heterocycles. The van der Waals surface area contributed by atoms with Crippen molar-refractivity contribution in [2.24, 2.45) is 0 Å². The van der Waals surface area contributed by atoms with Crippen molar-refractivity contribution in [1.29, 1.82) is 0 Å². The predicted octanol–water partition coefficient (Wildman–Crippen LogP) is 4.37. The number of amides is 3. The molecule has 0 bridgehead atoms. The largest absolute Gasteiger partial charge is 0.485 e. The maximum atomic E-state index is 12.6. The molecule has 2 aliphatic rings. The Morgan fingerprint density at radius 3 is 2.94 bits per heavy atom. The Labute approximate surface area is 208 Å². The number of thiazole rings is 1. The molecule has 1 unspecified atom stereocenters. The van der Waals surface area contributed by atoms with Gasteiger partial charge >= 0.3 is 6.03 Å². The molecule has 0 saturated carbocycles. The minimum absolute atomic E-state index is 0.0537. The summed E-state index contributed by atoms with van der Waals surface area (Å²) in [6.07, 6.45) is 1.85. The summed E-state index contributed by atoms with van der Waals surface area (Å²) in [6, 6.07) is 14.0. The summed E-state index contributed by atoms with van der Waals surface area (Å²) in [7, 11) is 0. The molecule has 0 radical (unpaired) electrons. The first-order chi connectivity index (χ1) is 17.0. The van der Waals surface area contributed by atoms with Crippen molar-refractivity contribution < 1.29 is 19.1 Å². The first kappa shape index (κ1) is 23.2. The van der Waals surface area contributed by atoms with Crippen molar-refractivity contribution in [3.8, 4) is 16.7 Å². The van der Waals surface area contributed by atoms with Gasteiger partial charge in [0.25, 0.3) is 11.1 Å². The summed E-state index contributed by atoms with van der Waals surface area (Å²) in [4.78, 5) is 30.8. The Balaban J connectivity index is 1.20. The number of benzene rings is 2. The molecule has 5 rings (SSSR count). The highest BCUT2D eigenvalue weighted by Crippen LogP contribution is 2.39. The molecule has 1 fully saturated rings. The number of nitrogens with zero attached hydrogens (tertiary/aromatic N) is 2. The third-order valence-electron chi connectivity index (χ3n) is 6.31. The smallest absolute Gasteiger partial charge is 0.317 e. The lowest BCUT2D eigenvalue weighted by Crippen LogP contribution is -2.36. The molecule has 0 spiro atoms. The molecule has 9 heteroatoms. The second-order valence-electron chi connectivity index (χ2n) is 8.74. The van der Waals surface area contributed by atoms with Gasteiger partial charge in [-0.05, 0) is 61.6 Å². The zero-order chi connectivity index (χ0) is 24.4. The molecule has 0 aliphatic carbocycles. The Morgan fingerprint density at radius 2 is 2.14 bits per heavy atom. The van der Waals surface area contributed by atoms with Crippen molar-refractivity contribution >= 4 is 23.3 Å². The van der Waals surface area contributed by atoms with Crippen LogP contribution in [-0.4, -0.2) is 48.0 Å². The Bertz CT molecular complexity index is 1260. The normalized spacial score (nSPS) is 16.9. The number of aryl methyl sites for hydroxylation is 3. The number of ether oxygens (including phenoxy) is 2. The Hall–Kier alpha value is -3.59. The summed E-state index contributed by atoms with van der Waals surface area (Å²) in [5, 5.41) is 6.03. The zero-order valence-corrected chi connectivity index (χ0v) is 20.6. The number of nitrogens with one attached hydrogen (secondary N) is 2. The predicted molar refractivity (Wildman–Crippen MR) is 134 cm³/mol. The number of fused-ring (bicyclic) bond motifs is 1. The maximum Gasteiger partial charge on any atom is 0.317 e. The van der Waals surface area contributed by atoms with Crippen LogP contribution >= 0.6 is 11.3 Å². The summed E-state index contributed by atoms with van der Waals surface area (Å²) in [5.41, 5.74) is 4.18. The molecule has 2 aromatic carbocycles. The first-order valence-corrected chi connectivity index (χ1v) is 12.6. The standard InChI is InChI=1S/C26H28N4O4S/c1-16-5-3-4-6-20(16)22-9-7-18-15-19(8-10-21(18)34-22)33-26-29-17(2)23(35-26)24(31)27-11-13-30-14-12-28-25(30)32/h3-6,8,10,15,22H,7,9,11-14H2,1-2H3,(H,27,31)(H,28,32). The summed E-state index contributed by atoms with van der Waals surface area (Å²) in [5.74, 6) is 1.33. The average molecular weight is 493 g/mol. The van der Waals surface area contributed by atoms with Crippen LogP contribution < -0.4 is 20.1 Å². The second-order valence-corrected chi connectivity index (χ2v) is 9.70. The van der Waals surface area contributed by atoms with E-state index in [0.717, 1.165) is 24.2 Å². The highest BCUT2D eigenvalue weighted by atomic mass is 32.1. The Morgan fingerprint density at radius 1 is 1.29 bits per heavy atom. The first-order valence-electron chi connectivity index (χ1n) is 11.8. The number of carbonyl (C=O) groups excluding carboxylic acids is 2. The van der Waals surface area contributed by atoms with Crippen molar-refractivity contribution in [3.63, 3.8) is 0 Å². The average Bonchev–Trinajstić information content (AvgIpc) is 3.43. The molecule has 3 heterocycles. The van der Waals surface area contributed by atoms with Gasteiger partial charge in [0, 0.05) is 26.2 Å². The third-order valence-corrected chi connectivity index (χ3v) is 7.35. The molecule has 35 heavy (non-hydrogen) atoms. The van der Waals surface area contributed by atoms with Crippen LogP contribution in [-0.2, 0) is 6.42 Å². The van der Waals surface area contributed by atoms with Crippen molar-refractivity contribution in [1.82, 2.24) is 20.5 Å². The molecule has 182 valence electrons. The lowest BCUT2D eigenvalue weighted by Gasteiger charge is -2.27. The molecule has 3 amide bonds. The van der Waals surface area contributed by atoms with Gasteiger partial charge in [-0.25, -0.2) is 9.78 Å². The van der Waals surface area contributed by atoms with Gasteiger partial charge in [-0.3, -0.25) is 4.79 Å². The van der Waals surface area contributed by atoms with E-state index in [4.69, 9.17) is 9.47 Å². The Kier molecular flexibility index (Phi) is 6.59. The minimum atomic E-state index is -0.212.